The minimum atomic E-state index is -5.31. The van der Waals surface area contributed by atoms with Crippen LogP contribution in [0.1, 0.15) is 22.8 Å². The number of anilines is 1. The fourth-order valence-corrected chi connectivity index (χ4v) is 6.47. The topological polar surface area (TPSA) is 169 Å². The van der Waals surface area contributed by atoms with Gasteiger partial charge in [0.1, 0.15) is 16.5 Å². The van der Waals surface area contributed by atoms with E-state index in [1.165, 1.54) is 36.0 Å². The molecule has 0 fully saturated rings. The lowest BCUT2D eigenvalue weighted by Gasteiger charge is -2.35. The molecule has 4 rings (SSSR count). The molecular formula is C30H32F4N6O6S. The van der Waals surface area contributed by atoms with Crippen LogP contribution in [0.3, 0.4) is 0 Å². The van der Waals surface area contributed by atoms with E-state index in [2.05, 4.69) is 15.7 Å². The zero-order valence-corrected chi connectivity index (χ0v) is 26.2. The Morgan fingerprint density at radius 3 is 2.49 bits per heavy atom. The molecule has 2 amide bonds. The maximum absolute atomic E-state index is 14.5. The van der Waals surface area contributed by atoms with Crippen LogP contribution in [0.5, 0.6) is 5.75 Å². The molecule has 0 aliphatic carbocycles. The predicted octanol–water partition coefficient (Wildman–Crippen LogP) is 3.11. The maximum Gasteiger partial charge on any atom is 0.420 e. The highest BCUT2D eigenvalue weighted by Crippen LogP contribution is 2.36. The summed E-state index contributed by atoms with van der Waals surface area (Å²) in [6.07, 6.45) is -3.93. The molecule has 0 aliphatic heterocycles. The number of nitrogens with two attached hydrogens (primary N) is 1. The third-order valence-electron chi connectivity index (χ3n) is 7.24. The number of nitrogens with zero attached hydrogens (tertiary/aromatic N) is 3. The van der Waals surface area contributed by atoms with E-state index in [0.717, 1.165) is 19.2 Å². The van der Waals surface area contributed by atoms with Crippen molar-refractivity contribution in [2.24, 2.45) is 5.73 Å². The molecule has 1 aromatic heterocycles. The number of hydrogen-bond donors (Lipinski definition) is 4. The number of halogens is 4. The van der Waals surface area contributed by atoms with Gasteiger partial charge < -0.3 is 26.2 Å². The first-order valence-corrected chi connectivity index (χ1v) is 15.5. The van der Waals surface area contributed by atoms with E-state index in [1.54, 1.807) is 25.1 Å². The molecule has 12 nitrogen and oxygen atoms in total. The van der Waals surface area contributed by atoms with Crippen LogP contribution in [0.15, 0.2) is 65.7 Å². The summed E-state index contributed by atoms with van der Waals surface area (Å²) >= 11 is 0. The molecule has 0 bridgehead atoms. The number of aryl methyl sites for hydroxylation is 1. The van der Waals surface area contributed by atoms with Gasteiger partial charge in [-0.15, -0.1) is 0 Å². The largest absolute Gasteiger partial charge is 0.495 e. The van der Waals surface area contributed by atoms with Crippen molar-refractivity contribution in [2.45, 2.75) is 30.5 Å². The number of nitrogens with one attached hydrogen (secondary N) is 2. The number of carbonyl (C=O) groups excluding carboxylic acids is 2. The fourth-order valence-electron chi connectivity index (χ4n) is 4.80. The first-order valence-electron chi connectivity index (χ1n) is 14.0. The van der Waals surface area contributed by atoms with E-state index >= 15 is 0 Å². The smallest absolute Gasteiger partial charge is 0.420 e. The number of fused-ring (bicyclic) bond motifs is 1. The van der Waals surface area contributed by atoms with Crippen LogP contribution in [-0.2, 0) is 14.8 Å². The fraction of sp³-hybridized carbons (Fsp3) is 0.300. The lowest BCUT2D eigenvalue weighted by molar-refractivity contribution is -0.255. The normalized spacial score (nSPS) is 13.4. The summed E-state index contributed by atoms with van der Waals surface area (Å²) in [7, 11) is -3.64. The van der Waals surface area contributed by atoms with Crippen molar-refractivity contribution in [3.05, 3.63) is 77.7 Å². The number of benzene rings is 3. The zero-order valence-electron chi connectivity index (χ0n) is 25.4. The van der Waals surface area contributed by atoms with E-state index in [1.807, 2.05) is 0 Å². The second-order valence-electron chi connectivity index (χ2n) is 10.6. The van der Waals surface area contributed by atoms with E-state index < -0.39 is 64.0 Å². The monoisotopic (exact) mass is 680 g/mol. The summed E-state index contributed by atoms with van der Waals surface area (Å²) in [5.74, 6) is -2.52. The SMILES string of the molecule is CCN(CC(O)(CNc1cc(C)cc2c1cnn2-c1cccc(C(=O)NCC(N)=O)c1)C(F)(F)F)S(=O)(=O)c1cc(F)ccc1OC. The molecule has 5 N–H and O–H groups in total. The van der Waals surface area contributed by atoms with Gasteiger partial charge in [-0.2, -0.15) is 22.6 Å². The lowest BCUT2D eigenvalue weighted by Crippen LogP contribution is -2.58. The first-order chi connectivity index (χ1) is 22.0. The number of rotatable bonds is 13. The van der Waals surface area contributed by atoms with Gasteiger partial charge in [0, 0.05) is 23.2 Å². The van der Waals surface area contributed by atoms with Crippen molar-refractivity contribution in [1.82, 2.24) is 19.4 Å². The number of hydrogen-bond acceptors (Lipinski definition) is 8. The summed E-state index contributed by atoms with van der Waals surface area (Å²) in [5.41, 5.74) is 3.29. The van der Waals surface area contributed by atoms with Gasteiger partial charge in [0.05, 0.1) is 44.1 Å². The summed E-state index contributed by atoms with van der Waals surface area (Å²) in [4.78, 5) is 22.8. The van der Waals surface area contributed by atoms with Crippen molar-refractivity contribution in [3.63, 3.8) is 0 Å². The number of alkyl halides is 3. The molecule has 1 atom stereocenters. The van der Waals surface area contributed by atoms with Crippen molar-refractivity contribution < 1.29 is 45.4 Å². The zero-order chi connectivity index (χ0) is 34.7. The van der Waals surface area contributed by atoms with Gasteiger partial charge in [-0.3, -0.25) is 9.59 Å². The summed E-state index contributed by atoms with van der Waals surface area (Å²) < 4.78 is 91.0. The van der Waals surface area contributed by atoms with Crippen LogP contribution >= 0.6 is 0 Å². The van der Waals surface area contributed by atoms with Crippen LogP contribution in [0.4, 0.5) is 23.2 Å². The molecule has 0 spiro atoms. The Morgan fingerprint density at radius 1 is 1.13 bits per heavy atom. The number of amides is 2. The maximum atomic E-state index is 14.5. The number of sulfonamides is 1. The van der Waals surface area contributed by atoms with Crippen LogP contribution in [-0.4, -0.2) is 84.5 Å². The summed E-state index contributed by atoms with van der Waals surface area (Å²) in [5, 5.41) is 20.7. The molecule has 3 aromatic carbocycles. The van der Waals surface area contributed by atoms with E-state index in [4.69, 9.17) is 10.5 Å². The van der Waals surface area contributed by atoms with Crippen molar-refractivity contribution in [1.29, 1.82) is 0 Å². The Hall–Kier alpha value is -4.74. The number of aliphatic hydroxyl groups is 1. The number of carbonyl (C=O) groups is 2. The minimum absolute atomic E-state index is 0.155. The number of aromatic nitrogens is 2. The van der Waals surface area contributed by atoms with Crippen molar-refractivity contribution in [2.75, 3.05) is 38.6 Å². The molecule has 47 heavy (non-hydrogen) atoms. The molecule has 0 aliphatic rings. The average molecular weight is 681 g/mol. The molecule has 1 unspecified atom stereocenters. The second-order valence-corrected chi connectivity index (χ2v) is 12.5. The molecule has 252 valence electrons. The van der Waals surface area contributed by atoms with Crippen molar-refractivity contribution in [3.8, 4) is 11.4 Å². The highest BCUT2D eigenvalue weighted by molar-refractivity contribution is 7.89. The molecular weight excluding hydrogens is 648 g/mol. The first kappa shape index (κ1) is 35.1. The van der Waals surface area contributed by atoms with Crippen LogP contribution < -0.4 is 21.1 Å². The quantitative estimate of drug-likeness (QED) is 0.156. The molecule has 4 aromatic rings. The highest BCUT2D eigenvalue weighted by Gasteiger charge is 2.55. The van der Waals surface area contributed by atoms with E-state index in [9.17, 15) is 40.7 Å². The standard InChI is InChI=1S/C30H32F4N6O6S/c1-4-39(47(44,45)26-13-20(31)8-9-25(26)46-3)17-29(43,30(32,33)34)16-37-23-10-18(2)11-24-22(23)14-38-40(24)21-7-5-6-19(12-21)28(42)36-15-27(35)41/h5-14,37,43H,4,15-17H2,1-3H3,(H2,35,41)(H,36,42). The number of ether oxygens (including phenoxy) is 1. The Bertz CT molecular complexity index is 1920. The lowest BCUT2D eigenvalue weighted by atomic mass is 10.0. The Balaban J connectivity index is 1.66. The number of methoxy groups -OCH3 is 1. The third-order valence-corrected chi connectivity index (χ3v) is 9.18. The highest BCUT2D eigenvalue weighted by atomic mass is 32.2. The van der Waals surface area contributed by atoms with Gasteiger partial charge >= 0.3 is 6.18 Å². The summed E-state index contributed by atoms with van der Waals surface area (Å²) in [6.45, 7) is -0.469. The third kappa shape index (κ3) is 7.47. The molecule has 17 heteroatoms. The second kappa shape index (κ2) is 13.5. The average Bonchev–Trinajstić information content (AvgIpc) is 3.44. The number of primary amides is 1. The van der Waals surface area contributed by atoms with Crippen LogP contribution in [0, 0.1) is 12.7 Å². The van der Waals surface area contributed by atoms with Gasteiger partial charge in [0.15, 0.2) is 5.60 Å². The van der Waals surface area contributed by atoms with Gasteiger partial charge in [0.25, 0.3) is 5.91 Å². The van der Waals surface area contributed by atoms with Gasteiger partial charge in [-0.05, 0) is 61.0 Å². The summed E-state index contributed by atoms with van der Waals surface area (Å²) in [6, 6.07) is 12.1. The van der Waals surface area contributed by atoms with Crippen LogP contribution in [0.25, 0.3) is 16.6 Å². The van der Waals surface area contributed by atoms with E-state index in [0.29, 0.717) is 32.5 Å². The van der Waals surface area contributed by atoms with Crippen LogP contribution in [0.2, 0.25) is 0 Å². The van der Waals surface area contributed by atoms with Gasteiger partial charge in [0.2, 0.25) is 15.9 Å². The Kier molecular flexibility index (Phi) is 10.1. The minimum Gasteiger partial charge on any atom is -0.495 e. The molecule has 0 saturated carbocycles. The molecule has 0 saturated heterocycles. The van der Waals surface area contributed by atoms with E-state index in [-0.39, 0.29) is 23.5 Å². The predicted molar refractivity (Wildman–Crippen MR) is 164 cm³/mol. The van der Waals surface area contributed by atoms with Gasteiger partial charge in [-0.25, -0.2) is 17.5 Å². The van der Waals surface area contributed by atoms with Crippen molar-refractivity contribution >= 4 is 38.4 Å². The Morgan fingerprint density at radius 2 is 1.85 bits per heavy atom. The molecule has 0 radical (unpaired) electrons. The molecule has 1 heterocycles. The van der Waals surface area contributed by atoms with Gasteiger partial charge in [-0.1, -0.05) is 13.0 Å². The number of likely N-dealkylation sites (N-methyl/N-ethyl adjacent to an activating group) is 1. The Labute approximate surface area is 267 Å².